The van der Waals surface area contributed by atoms with Crippen LogP contribution < -0.4 is 10.6 Å². The normalized spacial score (nSPS) is 21.7. The van der Waals surface area contributed by atoms with E-state index in [1.807, 2.05) is 24.4 Å². The number of nitrogens with zero attached hydrogens (tertiary/aromatic N) is 5. The van der Waals surface area contributed by atoms with Crippen molar-refractivity contribution >= 4 is 17.5 Å². The molecular weight excluding hydrogens is 362 g/mol. The zero-order valence-corrected chi connectivity index (χ0v) is 15.3. The second-order valence-electron chi connectivity index (χ2n) is 6.94. The number of imidazole rings is 1. The highest BCUT2D eigenvalue weighted by molar-refractivity contribution is 5.91. The van der Waals surface area contributed by atoms with Crippen molar-refractivity contribution in [3.05, 3.63) is 48.4 Å². The van der Waals surface area contributed by atoms with Crippen molar-refractivity contribution in [2.75, 3.05) is 0 Å². The Bertz CT molecular complexity index is 1010. The van der Waals surface area contributed by atoms with E-state index in [1.54, 1.807) is 22.2 Å². The summed E-state index contributed by atoms with van der Waals surface area (Å²) in [7, 11) is 1.72. The highest BCUT2D eigenvalue weighted by Crippen LogP contribution is 2.26. The average molecular weight is 383 g/mol. The molecule has 1 saturated carbocycles. The number of hydrogen-bond donors (Lipinski definition) is 3. The molecule has 1 aliphatic carbocycles. The molecule has 3 aromatic heterocycles. The smallest absolute Gasteiger partial charge is 0.287 e. The molecule has 0 spiro atoms. The summed E-state index contributed by atoms with van der Waals surface area (Å²) < 4.78 is 3.41. The SMILES string of the molecule is Cn1ccnc1C(=O)N[C@H]1C[C@H](C(=O)NCc2nnc3ccccn23)C[C@@H]1O. The molecule has 1 aliphatic rings. The topological polar surface area (TPSA) is 126 Å². The van der Waals surface area contributed by atoms with Crippen LogP contribution in [-0.4, -0.2) is 53.2 Å². The summed E-state index contributed by atoms with van der Waals surface area (Å²) in [5.41, 5.74) is 0.708. The minimum Gasteiger partial charge on any atom is -0.391 e. The van der Waals surface area contributed by atoms with Crippen LogP contribution in [0.25, 0.3) is 5.65 Å². The van der Waals surface area contributed by atoms with Crippen LogP contribution in [0.2, 0.25) is 0 Å². The van der Waals surface area contributed by atoms with E-state index in [9.17, 15) is 14.7 Å². The van der Waals surface area contributed by atoms with Gasteiger partial charge >= 0.3 is 0 Å². The molecule has 146 valence electrons. The van der Waals surface area contributed by atoms with Gasteiger partial charge < -0.3 is 20.3 Å². The lowest BCUT2D eigenvalue weighted by molar-refractivity contribution is -0.125. The maximum atomic E-state index is 12.5. The first-order valence-electron chi connectivity index (χ1n) is 9.05. The third kappa shape index (κ3) is 3.46. The largest absolute Gasteiger partial charge is 0.391 e. The molecule has 0 aromatic carbocycles. The van der Waals surface area contributed by atoms with Crippen molar-refractivity contribution in [3.8, 4) is 0 Å². The number of aliphatic hydroxyl groups is 1. The molecule has 0 unspecified atom stereocenters. The van der Waals surface area contributed by atoms with Crippen molar-refractivity contribution < 1.29 is 14.7 Å². The number of pyridine rings is 1. The lowest BCUT2D eigenvalue weighted by atomic mass is 10.1. The Hall–Kier alpha value is -3.27. The first-order chi connectivity index (χ1) is 13.5. The van der Waals surface area contributed by atoms with Gasteiger partial charge in [0.15, 0.2) is 17.3 Å². The van der Waals surface area contributed by atoms with E-state index in [2.05, 4.69) is 25.8 Å². The molecule has 3 atom stereocenters. The zero-order valence-electron chi connectivity index (χ0n) is 15.3. The Kier molecular flexibility index (Phi) is 4.78. The van der Waals surface area contributed by atoms with E-state index in [0.717, 1.165) is 0 Å². The lowest BCUT2D eigenvalue weighted by Crippen LogP contribution is -2.41. The van der Waals surface area contributed by atoms with Crippen LogP contribution in [0.1, 0.15) is 29.3 Å². The van der Waals surface area contributed by atoms with Crippen molar-refractivity contribution in [1.82, 2.24) is 34.8 Å². The Balaban J connectivity index is 1.34. The van der Waals surface area contributed by atoms with Crippen LogP contribution in [0, 0.1) is 5.92 Å². The van der Waals surface area contributed by atoms with Crippen LogP contribution in [-0.2, 0) is 18.4 Å². The standard InChI is InChI=1S/C18H21N7O3/c1-24-7-5-19-16(24)18(28)21-12-8-11(9-13(12)26)17(27)20-10-15-23-22-14-4-2-3-6-25(14)15/h2-7,11-13,26H,8-10H2,1H3,(H,20,27)(H,21,28)/t11-,12-,13-/m0/s1. The zero-order chi connectivity index (χ0) is 19.7. The Morgan fingerprint density at radius 3 is 2.89 bits per heavy atom. The molecule has 2 amide bonds. The van der Waals surface area contributed by atoms with Crippen molar-refractivity contribution in [1.29, 1.82) is 0 Å². The fourth-order valence-electron chi connectivity index (χ4n) is 3.52. The van der Waals surface area contributed by atoms with Crippen LogP contribution in [0.5, 0.6) is 0 Å². The van der Waals surface area contributed by atoms with Gasteiger partial charge in [-0.15, -0.1) is 10.2 Å². The first-order valence-corrected chi connectivity index (χ1v) is 9.05. The van der Waals surface area contributed by atoms with Crippen molar-refractivity contribution in [2.45, 2.75) is 31.5 Å². The summed E-state index contributed by atoms with van der Waals surface area (Å²) in [4.78, 5) is 28.8. The van der Waals surface area contributed by atoms with E-state index in [0.29, 0.717) is 17.9 Å². The molecule has 10 nitrogen and oxygen atoms in total. The first kappa shape index (κ1) is 18.1. The summed E-state index contributed by atoms with van der Waals surface area (Å²) in [6, 6.07) is 5.07. The second kappa shape index (κ2) is 7.39. The van der Waals surface area contributed by atoms with Crippen molar-refractivity contribution in [2.24, 2.45) is 13.0 Å². The quantitative estimate of drug-likeness (QED) is 0.553. The fourth-order valence-corrected chi connectivity index (χ4v) is 3.52. The molecule has 0 radical (unpaired) electrons. The fraction of sp³-hybridized carbons (Fsp3) is 0.389. The number of nitrogens with one attached hydrogen (secondary N) is 2. The predicted octanol–water partition coefficient (Wildman–Crippen LogP) is -0.351. The summed E-state index contributed by atoms with van der Waals surface area (Å²) in [6.45, 7) is 0.237. The number of carbonyl (C=O) groups excluding carboxylic acids is 2. The number of aryl methyl sites for hydroxylation is 1. The van der Waals surface area contributed by atoms with Crippen LogP contribution in [0.3, 0.4) is 0 Å². The monoisotopic (exact) mass is 383 g/mol. The van der Waals surface area contributed by atoms with E-state index < -0.39 is 12.1 Å². The van der Waals surface area contributed by atoms with E-state index in [-0.39, 0.29) is 36.5 Å². The van der Waals surface area contributed by atoms with E-state index in [4.69, 9.17) is 0 Å². The minimum absolute atomic E-state index is 0.180. The van der Waals surface area contributed by atoms with Gasteiger partial charge in [0.2, 0.25) is 5.91 Å². The number of aliphatic hydroxyl groups excluding tert-OH is 1. The molecule has 4 rings (SSSR count). The van der Waals surface area contributed by atoms with Crippen LogP contribution >= 0.6 is 0 Å². The highest BCUT2D eigenvalue weighted by Gasteiger charge is 2.38. The third-order valence-electron chi connectivity index (χ3n) is 5.05. The molecule has 28 heavy (non-hydrogen) atoms. The average Bonchev–Trinajstić information content (AvgIpc) is 3.39. The molecule has 3 aromatic rings. The molecule has 3 N–H and O–H groups in total. The number of hydrogen-bond acceptors (Lipinski definition) is 6. The Labute approximate surface area is 160 Å². The van der Waals surface area contributed by atoms with Gasteiger partial charge in [0.25, 0.3) is 5.91 Å². The molecule has 3 heterocycles. The van der Waals surface area contributed by atoms with Gasteiger partial charge in [-0.25, -0.2) is 4.98 Å². The number of carbonyl (C=O) groups is 2. The summed E-state index contributed by atoms with van der Waals surface area (Å²) in [5.74, 6) is -0.0465. The molecule has 1 fully saturated rings. The molecule has 0 aliphatic heterocycles. The van der Waals surface area contributed by atoms with Crippen molar-refractivity contribution in [3.63, 3.8) is 0 Å². The molecule has 10 heteroatoms. The number of aromatic nitrogens is 5. The van der Waals surface area contributed by atoms with Gasteiger partial charge in [-0.05, 0) is 25.0 Å². The number of rotatable bonds is 5. The van der Waals surface area contributed by atoms with Crippen LogP contribution in [0.15, 0.2) is 36.8 Å². The van der Waals surface area contributed by atoms with Gasteiger partial charge in [0.1, 0.15) is 0 Å². The molecular formula is C18H21N7O3. The molecule has 0 saturated heterocycles. The van der Waals surface area contributed by atoms with Crippen LogP contribution in [0.4, 0.5) is 0 Å². The van der Waals surface area contributed by atoms with Gasteiger partial charge in [0, 0.05) is 31.6 Å². The molecule has 0 bridgehead atoms. The maximum Gasteiger partial charge on any atom is 0.287 e. The summed E-state index contributed by atoms with van der Waals surface area (Å²) >= 11 is 0. The maximum absolute atomic E-state index is 12.5. The van der Waals surface area contributed by atoms with E-state index in [1.165, 1.54) is 6.20 Å². The predicted molar refractivity (Wildman–Crippen MR) is 98.0 cm³/mol. The number of amides is 2. The van der Waals surface area contributed by atoms with Gasteiger partial charge in [0.05, 0.1) is 18.7 Å². The minimum atomic E-state index is -0.783. The number of fused-ring (bicyclic) bond motifs is 1. The summed E-state index contributed by atoms with van der Waals surface area (Å²) in [5, 5.41) is 24.0. The second-order valence-corrected chi connectivity index (χ2v) is 6.94. The lowest BCUT2D eigenvalue weighted by Gasteiger charge is -2.16. The summed E-state index contributed by atoms with van der Waals surface area (Å²) in [6.07, 6.45) is 4.91. The highest BCUT2D eigenvalue weighted by atomic mass is 16.3. The Morgan fingerprint density at radius 2 is 2.11 bits per heavy atom. The van der Waals surface area contributed by atoms with Gasteiger partial charge in [-0.2, -0.15) is 0 Å². The third-order valence-corrected chi connectivity index (χ3v) is 5.05. The van der Waals surface area contributed by atoms with Gasteiger partial charge in [-0.3, -0.25) is 14.0 Å². The van der Waals surface area contributed by atoms with E-state index >= 15 is 0 Å². The Morgan fingerprint density at radius 1 is 1.25 bits per heavy atom. The van der Waals surface area contributed by atoms with Gasteiger partial charge in [-0.1, -0.05) is 6.07 Å².